The quantitative estimate of drug-likeness (QED) is 0.844. The number of carbonyl (C=O) groups excluding carboxylic acids is 2. The highest BCUT2D eigenvalue weighted by atomic mass is 16.2. The zero-order chi connectivity index (χ0) is 18.4. The van der Waals surface area contributed by atoms with Gasteiger partial charge in [0.25, 0.3) is 0 Å². The molecule has 26 heavy (non-hydrogen) atoms. The predicted molar refractivity (Wildman–Crippen MR) is 104 cm³/mol. The van der Waals surface area contributed by atoms with Gasteiger partial charge in [-0.25, -0.2) is 0 Å². The minimum absolute atomic E-state index is 0.0706. The van der Waals surface area contributed by atoms with Gasteiger partial charge < -0.3 is 10.2 Å². The van der Waals surface area contributed by atoms with Crippen molar-refractivity contribution >= 4 is 11.8 Å². The summed E-state index contributed by atoms with van der Waals surface area (Å²) in [5.74, 6) is 0.208. The molecule has 4 nitrogen and oxygen atoms in total. The van der Waals surface area contributed by atoms with Gasteiger partial charge in [0.05, 0.1) is 0 Å². The van der Waals surface area contributed by atoms with Crippen molar-refractivity contribution in [1.29, 1.82) is 0 Å². The van der Waals surface area contributed by atoms with Gasteiger partial charge in [-0.05, 0) is 51.0 Å². The highest BCUT2D eigenvalue weighted by Gasteiger charge is 2.34. The number of benzene rings is 1. The first-order chi connectivity index (χ1) is 12.6. The lowest BCUT2D eigenvalue weighted by Gasteiger charge is -2.28. The van der Waals surface area contributed by atoms with Crippen molar-refractivity contribution in [3.63, 3.8) is 0 Å². The molecular formula is C22H32N2O2. The molecule has 0 radical (unpaired) electrons. The fraction of sp³-hybridized carbons (Fsp3) is 0.636. The van der Waals surface area contributed by atoms with Crippen molar-refractivity contribution in [2.24, 2.45) is 0 Å². The number of nitrogens with one attached hydrogen (secondary N) is 1. The Morgan fingerprint density at radius 2 is 1.77 bits per heavy atom. The van der Waals surface area contributed by atoms with Crippen LogP contribution in [-0.2, 0) is 16.0 Å². The number of carbonyl (C=O) groups is 2. The van der Waals surface area contributed by atoms with Gasteiger partial charge in [-0.15, -0.1) is 0 Å². The SMILES string of the molecule is Cc1ccc(CCCC(=O)N2CCC[C@H]2C(=O)NC2CCCCC2)cc1. The minimum Gasteiger partial charge on any atom is -0.352 e. The molecule has 0 unspecified atom stereocenters. The molecule has 1 saturated carbocycles. The standard InChI is InChI=1S/C22H32N2O2/c1-17-12-14-18(15-13-17)7-5-11-21(25)24-16-6-10-20(24)22(26)23-19-8-3-2-4-9-19/h12-15,19-20H,2-11,16H2,1H3,(H,23,26)/t20-/m0/s1. The fourth-order valence-electron chi connectivity index (χ4n) is 4.22. The number of likely N-dealkylation sites (tertiary alicyclic amines) is 1. The van der Waals surface area contributed by atoms with Crippen LogP contribution in [0.3, 0.4) is 0 Å². The van der Waals surface area contributed by atoms with E-state index in [1.54, 1.807) is 0 Å². The van der Waals surface area contributed by atoms with Crippen molar-refractivity contribution in [2.45, 2.75) is 83.2 Å². The smallest absolute Gasteiger partial charge is 0.243 e. The normalized spacial score (nSPS) is 21.0. The van der Waals surface area contributed by atoms with Crippen molar-refractivity contribution in [3.8, 4) is 0 Å². The van der Waals surface area contributed by atoms with E-state index in [1.165, 1.54) is 30.4 Å². The number of nitrogens with zero attached hydrogens (tertiary/aromatic N) is 1. The van der Waals surface area contributed by atoms with E-state index in [-0.39, 0.29) is 17.9 Å². The van der Waals surface area contributed by atoms with Crippen molar-refractivity contribution in [1.82, 2.24) is 10.2 Å². The summed E-state index contributed by atoms with van der Waals surface area (Å²) >= 11 is 0. The molecule has 1 heterocycles. The highest BCUT2D eigenvalue weighted by Crippen LogP contribution is 2.22. The Hall–Kier alpha value is -1.84. The fourth-order valence-corrected chi connectivity index (χ4v) is 4.22. The lowest BCUT2D eigenvalue weighted by Crippen LogP contribution is -2.49. The van der Waals surface area contributed by atoms with E-state index >= 15 is 0 Å². The van der Waals surface area contributed by atoms with E-state index in [0.717, 1.165) is 45.1 Å². The number of aryl methyl sites for hydroxylation is 2. The molecule has 1 aliphatic heterocycles. The Labute approximate surface area is 157 Å². The van der Waals surface area contributed by atoms with Gasteiger partial charge in [0, 0.05) is 19.0 Å². The molecule has 1 aromatic rings. The second kappa shape index (κ2) is 9.20. The topological polar surface area (TPSA) is 49.4 Å². The maximum atomic E-state index is 12.7. The van der Waals surface area contributed by atoms with Crippen LogP contribution in [-0.4, -0.2) is 35.3 Å². The van der Waals surface area contributed by atoms with E-state index in [0.29, 0.717) is 12.5 Å². The average Bonchev–Trinajstić information content (AvgIpc) is 3.14. The summed E-state index contributed by atoms with van der Waals surface area (Å²) in [7, 11) is 0. The molecule has 1 N–H and O–H groups in total. The summed E-state index contributed by atoms with van der Waals surface area (Å²) in [6.45, 7) is 2.81. The molecule has 1 saturated heterocycles. The van der Waals surface area contributed by atoms with E-state index in [2.05, 4.69) is 36.5 Å². The van der Waals surface area contributed by atoms with E-state index in [4.69, 9.17) is 0 Å². The molecule has 1 aromatic carbocycles. The monoisotopic (exact) mass is 356 g/mol. The molecule has 2 aliphatic rings. The molecule has 142 valence electrons. The van der Waals surface area contributed by atoms with Crippen LogP contribution >= 0.6 is 0 Å². The Morgan fingerprint density at radius 3 is 2.50 bits per heavy atom. The van der Waals surface area contributed by atoms with Crippen LogP contribution in [0.5, 0.6) is 0 Å². The first-order valence-electron chi connectivity index (χ1n) is 10.3. The summed E-state index contributed by atoms with van der Waals surface area (Å²) in [4.78, 5) is 27.1. The lowest BCUT2D eigenvalue weighted by molar-refractivity contribution is -0.138. The third-order valence-electron chi connectivity index (χ3n) is 5.80. The summed E-state index contributed by atoms with van der Waals surface area (Å²) in [5, 5.41) is 3.20. The molecule has 4 heteroatoms. The molecule has 1 aliphatic carbocycles. The van der Waals surface area contributed by atoms with Gasteiger partial charge in [0.1, 0.15) is 6.04 Å². The molecule has 3 rings (SSSR count). The minimum atomic E-state index is -0.246. The van der Waals surface area contributed by atoms with Crippen molar-refractivity contribution in [2.75, 3.05) is 6.54 Å². The van der Waals surface area contributed by atoms with Crippen LogP contribution < -0.4 is 5.32 Å². The molecule has 2 amide bonds. The van der Waals surface area contributed by atoms with E-state index in [9.17, 15) is 9.59 Å². The van der Waals surface area contributed by atoms with Crippen molar-refractivity contribution < 1.29 is 9.59 Å². The lowest BCUT2D eigenvalue weighted by atomic mass is 9.95. The number of hydrogen-bond donors (Lipinski definition) is 1. The van der Waals surface area contributed by atoms with Crippen LogP contribution in [0.2, 0.25) is 0 Å². The van der Waals surface area contributed by atoms with Crippen LogP contribution in [0, 0.1) is 6.92 Å². The van der Waals surface area contributed by atoms with Gasteiger partial charge in [0.2, 0.25) is 11.8 Å². The summed E-state index contributed by atoms with van der Waals surface area (Å²) in [5.41, 5.74) is 2.53. The Morgan fingerprint density at radius 1 is 1.04 bits per heavy atom. The molecule has 1 atom stereocenters. The molecule has 0 bridgehead atoms. The second-order valence-electron chi connectivity index (χ2n) is 7.93. The summed E-state index contributed by atoms with van der Waals surface area (Å²) in [6.07, 6.45) is 9.89. The maximum absolute atomic E-state index is 12.7. The zero-order valence-electron chi connectivity index (χ0n) is 16.0. The van der Waals surface area contributed by atoms with Gasteiger partial charge in [-0.3, -0.25) is 9.59 Å². The molecular weight excluding hydrogens is 324 g/mol. The Balaban J connectivity index is 1.46. The summed E-state index contributed by atoms with van der Waals surface area (Å²) < 4.78 is 0. The van der Waals surface area contributed by atoms with Gasteiger partial charge in [-0.2, -0.15) is 0 Å². The van der Waals surface area contributed by atoms with E-state index in [1.807, 2.05) is 4.90 Å². The Kier molecular flexibility index (Phi) is 6.70. The zero-order valence-corrected chi connectivity index (χ0v) is 16.0. The molecule has 0 spiro atoms. The maximum Gasteiger partial charge on any atom is 0.243 e. The van der Waals surface area contributed by atoms with Gasteiger partial charge in [-0.1, -0.05) is 49.1 Å². The third kappa shape index (κ3) is 5.09. The van der Waals surface area contributed by atoms with Crippen LogP contribution in [0.15, 0.2) is 24.3 Å². The number of rotatable bonds is 6. The molecule has 2 fully saturated rings. The third-order valence-corrected chi connectivity index (χ3v) is 5.80. The first kappa shape index (κ1) is 18.9. The number of hydrogen-bond acceptors (Lipinski definition) is 2. The average molecular weight is 357 g/mol. The molecule has 0 aromatic heterocycles. The van der Waals surface area contributed by atoms with Crippen LogP contribution in [0.4, 0.5) is 0 Å². The number of amides is 2. The van der Waals surface area contributed by atoms with Crippen molar-refractivity contribution in [3.05, 3.63) is 35.4 Å². The first-order valence-corrected chi connectivity index (χ1v) is 10.3. The predicted octanol–water partition coefficient (Wildman–Crippen LogP) is 3.76. The highest BCUT2D eigenvalue weighted by molar-refractivity contribution is 5.88. The van der Waals surface area contributed by atoms with Crippen LogP contribution in [0.1, 0.15) is 68.9 Å². The second-order valence-corrected chi connectivity index (χ2v) is 7.93. The van der Waals surface area contributed by atoms with Crippen LogP contribution in [0.25, 0.3) is 0 Å². The van der Waals surface area contributed by atoms with Gasteiger partial charge >= 0.3 is 0 Å². The van der Waals surface area contributed by atoms with Gasteiger partial charge in [0.15, 0.2) is 0 Å². The largest absolute Gasteiger partial charge is 0.352 e. The van der Waals surface area contributed by atoms with E-state index < -0.39 is 0 Å². The Bertz CT molecular complexity index is 605. The summed E-state index contributed by atoms with van der Waals surface area (Å²) in [6, 6.07) is 8.57.